The van der Waals surface area contributed by atoms with Crippen molar-refractivity contribution in [3.05, 3.63) is 35.4 Å². The first-order valence-corrected chi connectivity index (χ1v) is 8.29. The van der Waals surface area contributed by atoms with E-state index in [1.807, 2.05) is 19.2 Å². The molecule has 0 amide bonds. The lowest BCUT2D eigenvalue weighted by Gasteiger charge is -2.21. The minimum absolute atomic E-state index is 0.306. The highest BCUT2D eigenvalue weighted by molar-refractivity contribution is 5.89. The number of nitrogens with zero attached hydrogens (tertiary/aromatic N) is 2. The molecule has 1 heterocycles. The van der Waals surface area contributed by atoms with E-state index in [1.54, 1.807) is 19.2 Å². The fourth-order valence-electron chi connectivity index (χ4n) is 2.97. The van der Waals surface area contributed by atoms with E-state index in [1.165, 1.54) is 12.7 Å². The molecule has 0 saturated carbocycles. The number of carbonyl (C=O) groups is 1. The van der Waals surface area contributed by atoms with Crippen LogP contribution >= 0.6 is 0 Å². The van der Waals surface area contributed by atoms with Crippen LogP contribution in [0.15, 0.2) is 29.3 Å². The van der Waals surface area contributed by atoms with Gasteiger partial charge in [-0.25, -0.2) is 4.79 Å². The zero-order chi connectivity index (χ0) is 17.4. The van der Waals surface area contributed by atoms with Crippen LogP contribution in [0.2, 0.25) is 0 Å². The number of nitrogens with one attached hydrogen (secondary N) is 1. The molecule has 0 bridgehead atoms. The third-order valence-corrected chi connectivity index (χ3v) is 4.27. The number of ether oxygens (including phenoxy) is 2. The van der Waals surface area contributed by atoms with Gasteiger partial charge >= 0.3 is 5.97 Å². The van der Waals surface area contributed by atoms with Crippen LogP contribution in [0.1, 0.15) is 22.3 Å². The number of hydrogen-bond donors (Lipinski definition) is 1. The quantitative estimate of drug-likeness (QED) is 0.486. The van der Waals surface area contributed by atoms with Crippen molar-refractivity contribution < 1.29 is 14.3 Å². The maximum Gasteiger partial charge on any atom is 0.337 e. The van der Waals surface area contributed by atoms with Crippen LogP contribution < -0.4 is 5.32 Å². The first kappa shape index (κ1) is 18.3. The average Bonchev–Trinajstić information content (AvgIpc) is 3.07. The summed E-state index contributed by atoms with van der Waals surface area (Å²) in [5.74, 6) is 1.22. The van der Waals surface area contributed by atoms with Gasteiger partial charge in [0.15, 0.2) is 5.96 Å². The number of esters is 1. The van der Waals surface area contributed by atoms with Gasteiger partial charge in [-0.3, -0.25) is 4.99 Å². The molecule has 6 nitrogen and oxygen atoms in total. The van der Waals surface area contributed by atoms with Gasteiger partial charge in [-0.1, -0.05) is 12.1 Å². The third-order valence-electron chi connectivity index (χ3n) is 4.27. The molecular weight excluding hydrogens is 306 g/mol. The van der Waals surface area contributed by atoms with Gasteiger partial charge < -0.3 is 19.7 Å². The van der Waals surface area contributed by atoms with Gasteiger partial charge in [-0.2, -0.15) is 0 Å². The Labute approximate surface area is 143 Å². The standard InChI is InChI=1S/C18H27N3O3/c1-19-18(21-11-9-15(12-21)13-23-2)20-10-8-14-4-6-16(7-5-14)17(22)24-3/h4-7,15H,8-13H2,1-3H3,(H,19,20). The topological polar surface area (TPSA) is 63.2 Å². The molecule has 24 heavy (non-hydrogen) atoms. The first-order valence-electron chi connectivity index (χ1n) is 8.29. The Balaban J connectivity index is 1.79. The van der Waals surface area contributed by atoms with Crippen molar-refractivity contribution in [3.63, 3.8) is 0 Å². The molecule has 132 valence electrons. The van der Waals surface area contributed by atoms with Gasteiger partial charge in [-0.15, -0.1) is 0 Å². The smallest absolute Gasteiger partial charge is 0.337 e. The summed E-state index contributed by atoms with van der Waals surface area (Å²) in [7, 11) is 4.96. The van der Waals surface area contributed by atoms with Gasteiger partial charge in [-0.05, 0) is 30.5 Å². The van der Waals surface area contributed by atoms with Gasteiger partial charge in [0.1, 0.15) is 0 Å². The fraction of sp³-hybridized carbons (Fsp3) is 0.556. The second kappa shape index (κ2) is 9.27. The Kier molecular flexibility index (Phi) is 7.06. The molecule has 0 aromatic heterocycles. The van der Waals surface area contributed by atoms with Crippen LogP contribution in [0.4, 0.5) is 0 Å². The number of benzene rings is 1. The lowest BCUT2D eigenvalue weighted by Crippen LogP contribution is -2.41. The van der Waals surface area contributed by atoms with Crippen LogP contribution in [0.25, 0.3) is 0 Å². The normalized spacial score (nSPS) is 17.9. The molecule has 0 radical (unpaired) electrons. The Morgan fingerprint density at radius 1 is 1.33 bits per heavy atom. The maximum absolute atomic E-state index is 11.4. The van der Waals surface area contributed by atoms with Crippen molar-refractivity contribution in [2.24, 2.45) is 10.9 Å². The zero-order valence-corrected chi connectivity index (χ0v) is 14.7. The number of likely N-dealkylation sites (tertiary alicyclic amines) is 1. The molecule has 1 aliphatic rings. The Morgan fingerprint density at radius 3 is 2.71 bits per heavy atom. The average molecular weight is 333 g/mol. The van der Waals surface area contributed by atoms with Crippen molar-refractivity contribution >= 4 is 11.9 Å². The second-order valence-electron chi connectivity index (χ2n) is 5.97. The molecule has 1 saturated heterocycles. The minimum atomic E-state index is -0.306. The predicted octanol–water partition coefficient (Wildman–Crippen LogP) is 1.56. The highest BCUT2D eigenvalue weighted by Gasteiger charge is 2.24. The van der Waals surface area contributed by atoms with Gasteiger partial charge in [0, 0.05) is 39.7 Å². The second-order valence-corrected chi connectivity index (χ2v) is 5.97. The summed E-state index contributed by atoms with van der Waals surface area (Å²) in [6, 6.07) is 7.51. The third kappa shape index (κ3) is 4.96. The largest absolute Gasteiger partial charge is 0.465 e. The Morgan fingerprint density at radius 2 is 2.08 bits per heavy atom. The fourth-order valence-corrected chi connectivity index (χ4v) is 2.97. The highest BCUT2D eigenvalue weighted by Crippen LogP contribution is 2.16. The number of rotatable bonds is 6. The predicted molar refractivity (Wildman–Crippen MR) is 94.4 cm³/mol. The van der Waals surface area contributed by atoms with E-state index in [4.69, 9.17) is 9.47 Å². The number of aliphatic imine (C=N–C) groups is 1. The van der Waals surface area contributed by atoms with E-state index < -0.39 is 0 Å². The molecule has 1 fully saturated rings. The van der Waals surface area contributed by atoms with E-state index >= 15 is 0 Å². The summed E-state index contributed by atoms with van der Waals surface area (Å²) >= 11 is 0. The Bertz CT molecular complexity index is 557. The van der Waals surface area contributed by atoms with Crippen LogP contribution in [0.3, 0.4) is 0 Å². The minimum Gasteiger partial charge on any atom is -0.465 e. The van der Waals surface area contributed by atoms with Crippen molar-refractivity contribution in [2.45, 2.75) is 12.8 Å². The number of hydrogen-bond acceptors (Lipinski definition) is 4. The number of guanidine groups is 1. The SMILES string of the molecule is CN=C(NCCc1ccc(C(=O)OC)cc1)N1CCC(COC)C1. The first-order chi connectivity index (χ1) is 11.7. The summed E-state index contributed by atoms with van der Waals surface area (Å²) < 4.78 is 9.95. The molecule has 0 aliphatic carbocycles. The molecule has 1 aliphatic heterocycles. The van der Waals surface area contributed by atoms with E-state index in [0.29, 0.717) is 11.5 Å². The van der Waals surface area contributed by atoms with E-state index in [9.17, 15) is 4.79 Å². The summed E-state index contributed by atoms with van der Waals surface area (Å²) in [5.41, 5.74) is 1.75. The summed E-state index contributed by atoms with van der Waals surface area (Å²) in [6.07, 6.45) is 2.01. The van der Waals surface area contributed by atoms with Crippen molar-refractivity contribution in [1.29, 1.82) is 0 Å². The Hall–Kier alpha value is -2.08. The molecule has 2 rings (SSSR count). The van der Waals surface area contributed by atoms with Crippen molar-refractivity contribution in [1.82, 2.24) is 10.2 Å². The molecule has 1 N–H and O–H groups in total. The molecule has 1 aromatic carbocycles. The van der Waals surface area contributed by atoms with E-state index in [0.717, 1.165) is 45.0 Å². The van der Waals surface area contributed by atoms with Crippen molar-refractivity contribution in [3.8, 4) is 0 Å². The molecule has 6 heteroatoms. The van der Waals surface area contributed by atoms with Gasteiger partial charge in [0.05, 0.1) is 19.3 Å². The lowest BCUT2D eigenvalue weighted by molar-refractivity contribution is 0.0600. The maximum atomic E-state index is 11.4. The lowest BCUT2D eigenvalue weighted by atomic mass is 10.1. The number of carbonyl (C=O) groups excluding carboxylic acids is 1. The molecule has 1 unspecified atom stereocenters. The van der Waals surface area contributed by atoms with Gasteiger partial charge in [0.25, 0.3) is 0 Å². The highest BCUT2D eigenvalue weighted by atomic mass is 16.5. The van der Waals surface area contributed by atoms with Crippen LogP contribution in [0.5, 0.6) is 0 Å². The van der Waals surface area contributed by atoms with Crippen molar-refractivity contribution in [2.75, 3.05) is 47.5 Å². The summed E-state index contributed by atoms with van der Waals surface area (Å²) in [4.78, 5) is 18.1. The van der Waals surface area contributed by atoms with Crippen LogP contribution in [-0.4, -0.2) is 64.3 Å². The summed E-state index contributed by atoms with van der Waals surface area (Å²) in [5, 5.41) is 3.41. The summed E-state index contributed by atoms with van der Waals surface area (Å²) in [6.45, 7) is 3.61. The van der Waals surface area contributed by atoms with E-state index in [-0.39, 0.29) is 5.97 Å². The van der Waals surface area contributed by atoms with Crippen LogP contribution in [0, 0.1) is 5.92 Å². The number of methoxy groups -OCH3 is 2. The molecule has 1 aromatic rings. The monoisotopic (exact) mass is 333 g/mol. The molecule has 1 atom stereocenters. The molecule has 0 spiro atoms. The van der Waals surface area contributed by atoms with Gasteiger partial charge in [0.2, 0.25) is 0 Å². The van der Waals surface area contributed by atoms with E-state index in [2.05, 4.69) is 15.2 Å². The molecular formula is C18H27N3O3. The zero-order valence-electron chi connectivity index (χ0n) is 14.7. The van der Waals surface area contributed by atoms with Crippen LogP contribution in [-0.2, 0) is 15.9 Å².